The van der Waals surface area contributed by atoms with Crippen LogP contribution in [0.2, 0.25) is 0 Å². The molecule has 5 rings (SSSR count). The summed E-state index contributed by atoms with van der Waals surface area (Å²) in [4.78, 5) is 18.5. The maximum absolute atomic E-state index is 13.2. The summed E-state index contributed by atoms with van der Waals surface area (Å²) < 4.78 is 13.2. The van der Waals surface area contributed by atoms with Gasteiger partial charge in [0.05, 0.1) is 25.9 Å². The number of pyridine rings is 1. The van der Waals surface area contributed by atoms with E-state index in [1.54, 1.807) is 0 Å². The van der Waals surface area contributed by atoms with Crippen LogP contribution in [0.15, 0.2) is 29.1 Å². The lowest BCUT2D eigenvalue weighted by Crippen LogP contribution is -2.42. The molecule has 0 bridgehead atoms. The van der Waals surface area contributed by atoms with E-state index in [1.165, 1.54) is 12.8 Å². The number of nitrogens with zero attached hydrogens (tertiary/aromatic N) is 5. The molecule has 164 valence electrons. The number of benzene rings is 1. The lowest BCUT2D eigenvalue weighted by atomic mass is 10.0. The van der Waals surface area contributed by atoms with Crippen molar-refractivity contribution in [1.82, 2.24) is 30.1 Å². The van der Waals surface area contributed by atoms with E-state index < -0.39 is 0 Å². The Balaban J connectivity index is 1.63. The average molecular weight is 425 g/mol. The smallest absolute Gasteiger partial charge is 0.253 e. The highest BCUT2D eigenvalue weighted by Crippen LogP contribution is 2.34. The Bertz CT molecular complexity index is 1100. The third kappa shape index (κ3) is 3.95. The van der Waals surface area contributed by atoms with E-state index in [2.05, 4.69) is 25.4 Å². The fraction of sp³-hybridized carbons (Fsp3) is 0.545. The van der Waals surface area contributed by atoms with Crippen molar-refractivity contribution >= 4 is 10.9 Å². The number of fused-ring (bicyclic) bond motifs is 1. The molecule has 1 aromatic carbocycles. The number of ether oxygens (including phenoxy) is 2. The number of tetrazole rings is 1. The van der Waals surface area contributed by atoms with Crippen molar-refractivity contribution < 1.29 is 9.47 Å². The van der Waals surface area contributed by atoms with E-state index in [1.807, 2.05) is 35.9 Å². The summed E-state index contributed by atoms with van der Waals surface area (Å²) >= 11 is 0. The molecule has 1 aliphatic heterocycles. The van der Waals surface area contributed by atoms with Gasteiger partial charge in [0.2, 0.25) is 0 Å². The molecular formula is C22H28N6O3. The third-order valence-corrected chi connectivity index (χ3v) is 6.29. The first kappa shape index (κ1) is 20.1. The van der Waals surface area contributed by atoms with Crippen LogP contribution in [0.5, 0.6) is 5.75 Å². The molecule has 1 atom stereocenters. The maximum atomic E-state index is 13.2. The zero-order valence-corrected chi connectivity index (χ0v) is 17.8. The Morgan fingerprint density at radius 3 is 2.81 bits per heavy atom. The van der Waals surface area contributed by atoms with E-state index in [-0.39, 0.29) is 17.6 Å². The second-order valence-electron chi connectivity index (χ2n) is 8.21. The van der Waals surface area contributed by atoms with Gasteiger partial charge in [-0.2, -0.15) is 0 Å². The van der Waals surface area contributed by atoms with Crippen LogP contribution in [-0.4, -0.2) is 63.0 Å². The molecule has 3 aromatic rings. The zero-order valence-electron chi connectivity index (χ0n) is 17.8. The quantitative estimate of drug-likeness (QED) is 0.649. The fourth-order valence-corrected chi connectivity index (χ4v) is 4.79. The van der Waals surface area contributed by atoms with E-state index in [0.717, 1.165) is 48.4 Å². The summed E-state index contributed by atoms with van der Waals surface area (Å²) in [5.41, 5.74) is 1.32. The third-order valence-electron chi connectivity index (χ3n) is 6.29. The van der Waals surface area contributed by atoms with Crippen LogP contribution in [0.25, 0.3) is 10.9 Å². The number of nitrogens with one attached hydrogen (secondary N) is 1. The average Bonchev–Trinajstić information content (AvgIpc) is 3.48. The number of aromatic nitrogens is 5. The first-order valence-corrected chi connectivity index (χ1v) is 11.1. The normalized spacial score (nSPS) is 19.1. The largest absolute Gasteiger partial charge is 0.494 e. The van der Waals surface area contributed by atoms with Crippen molar-refractivity contribution in [3.05, 3.63) is 46.0 Å². The first-order valence-electron chi connectivity index (χ1n) is 11.1. The topological polar surface area (TPSA) is 98.2 Å². The van der Waals surface area contributed by atoms with Gasteiger partial charge in [0.1, 0.15) is 11.8 Å². The highest BCUT2D eigenvalue weighted by Gasteiger charge is 2.33. The van der Waals surface area contributed by atoms with Crippen molar-refractivity contribution in [3.63, 3.8) is 0 Å². The molecule has 31 heavy (non-hydrogen) atoms. The molecule has 2 aromatic heterocycles. The summed E-state index contributed by atoms with van der Waals surface area (Å²) in [5.74, 6) is 1.52. The molecule has 0 radical (unpaired) electrons. The van der Waals surface area contributed by atoms with Crippen LogP contribution in [0, 0.1) is 0 Å². The standard InChI is InChI=1S/C22H28N6O3/c1-2-31-17-7-8-19-15(13-17)14-18(22(29)23-19)20(27-9-11-30-12-10-27)21-24-25-26-28(21)16-5-3-4-6-16/h7-8,13-14,16,20H,2-6,9-12H2,1H3,(H,23,29)/t20-/m0/s1. The van der Waals surface area contributed by atoms with Crippen LogP contribution in [0.4, 0.5) is 0 Å². The Kier molecular flexibility index (Phi) is 5.69. The Labute approximate surface area is 180 Å². The molecule has 2 aliphatic rings. The summed E-state index contributed by atoms with van der Waals surface area (Å²) in [6.45, 7) is 5.24. The van der Waals surface area contributed by atoms with Gasteiger partial charge in [-0.25, -0.2) is 4.68 Å². The monoisotopic (exact) mass is 424 g/mol. The van der Waals surface area contributed by atoms with Crippen LogP contribution in [0.1, 0.15) is 56.1 Å². The molecule has 9 heteroatoms. The minimum Gasteiger partial charge on any atom is -0.494 e. The predicted octanol–water partition coefficient (Wildman–Crippen LogP) is 2.45. The number of H-pyrrole nitrogens is 1. The molecule has 0 amide bonds. The summed E-state index contributed by atoms with van der Waals surface area (Å²) in [6.07, 6.45) is 4.51. The minimum absolute atomic E-state index is 0.117. The van der Waals surface area contributed by atoms with Crippen molar-refractivity contribution in [2.45, 2.75) is 44.7 Å². The molecule has 1 N–H and O–H groups in total. The Morgan fingerprint density at radius 2 is 2.03 bits per heavy atom. The molecule has 1 saturated carbocycles. The van der Waals surface area contributed by atoms with Gasteiger partial charge in [-0.1, -0.05) is 12.8 Å². The molecule has 2 fully saturated rings. The molecule has 3 heterocycles. The Morgan fingerprint density at radius 1 is 1.23 bits per heavy atom. The van der Waals surface area contributed by atoms with Gasteiger partial charge >= 0.3 is 0 Å². The molecule has 0 unspecified atom stereocenters. The van der Waals surface area contributed by atoms with Gasteiger partial charge in [0.25, 0.3) is 5.56 Å². The lowest BCUT2D eigenvalue weighted by Gasteiger charge is -2.34. The molecular weight excluding hydrogens is 396 g/mol. The SMILES string of the molecule is CCOc1ccc2[nH]c(=O)c([C@@H](c3nnnn3C3CCCC3)N3CCOCC3)cc2c1. The minimum atomic E-state index is -0.330. The fourth-order valence-electron chi connectivity index (χ4n) is 4.79. The van der Waals surface area contributed by atoms with Gasteiger partial charge < -0.3 is 14.5 Å². The van der Waals surface area contributed by atoms with E-state index in [9.17, 15) is 4.79 Å². The number of hydrogen-bond donors (Lipinski definition) is 1. The number of rotatable bonds is 6. The maximum Gasteiger partial charge on any atom is 0.253 e. The second kappa shape index (κ2) is 8.76. The number of morpholine rings is 1. The highest BCUT2D eigenvalue weighted by molar-refractivity contribution is 5.80. The number of aromatic amines is 1. The van der Waals surface area contributed by atoms with Crippen molar-refractivity contribution in [2.75, 3.05) is 32.9 Å². The van der Waals surface area contributed by atoms with Crippen LogP contribution >= 0.6 is 0 Å². The molecule has 0 spiro atoms. The van der Waals surface area contributed by atoms with Gasteiger partial charge in [-0.15, -0.1) is 5.10 Å². The highest BCUT2D eigenvalue weighted by atomic mass is 16.5. The molecule has 9 nitrogen and oxygen atoms in total. The molecule has 1 aliphatic carbocycles. The van der Waals surface area contributed by atoms with Crippen molar-refractivity contribution in [2.24, 2.45) is 0 Å². The first-order chi connectivity index (χ1) is 15.2. The zero-order chi connectivity index (χ0) is 21.2. The Hall–Kier alpha value is -2.78. The summed E-state index contributed by atoms with van der Waals surface area (Å²) in [7, 11) is 0. The van der Waals surface area contributed by atoms with Crippen LogP contribution in [-0.2, 0) is 4.74 Å². The van der Waals surface area contributed by atoms with E-state index in [4.69, 9.17) is 9.47 Å². The van der Waals surface area contributed by atoms with E-state index in [0.29, 0.717) is 25.4 Å². The van der Waals surface area contributed by atoms with Gasteiger partial charge in [0.15, 0.2) is 5.82 Å². The summed E-state index contributed by atoms with van der Waals surface area (Å²) in [6, 6.07) is 7.65. The second-order valence-corrected chi connectivity index (χ2v) is 8.21. The molecule has 1 saturated heterocycles. The van der Waals surface area contributed by atoms with Gasteiger partial charge in [-0.05, 0) is 54.5 Å². The van der Waals surface area contributed by atoms with E-state index >= 15 is 0 Å². The van der Waals surface area contributed by atoms with Gasteiger partial charge in [-0.3, -0.25) is 9.69 Å². The summed E-state index contributed by atoms with van der Waals surface area (Å²) in [5, 5.41) is 13.7. The van der Waals surface area contributed by atoms with Gasteiger partial charge in [0, 0.05) is 29.6 Å². The van der Waals surface area contributed by atoms with Crippen LogP contribution < -0.4 is 10.3 Å². The van der Waals surface area contributed by atoms with Crippen molar-refractivity contribution in [3.8, 4) is 5.75 Å². The lowest BCUT2D eigenvalue weighted by molar-refractivity contribution is 0.0211. The van der Waals surface area contributed by atoms with Crippen LogP contribution in [0.3, 0.4) is 0 Å². The van der Waals surface area contributed by atoms with Crippen molar-refractivity contribution in [1.29, 1.82) is 0 Å². The predicted molar refractivity (Wildman–Crippen MR) is 115 cm³/mol. The number of hydrogen-bond acceptors (Lipinski definition) is 7.